The Hall–Kier alpha value is -0.280. The van der Waals surface area contributed by atoms with Gasteiger partial charge in [0.1, 0.15) is 0 Å². The molecule has 2 N–H and O–H groups in total. The highest BCUT2D eigenvalue weighted by molar-refractivity contribution is 6.34. The van der Waals surface area contributed by atoms with E-state index in [-0.39, 0.29) is 6.04 Å². The van der Waals surface area contributed by atoms with Crippen molar-refractivity contribution >= 4 is 23.2 Å². The highest BCUT2D eigenvalue weighted by Gasteiger charge is 2.23. The fourth-order valence-electron chi connectivity index (χ4n) is 2.60. The summed E-state index contributed by atoms with van der Waals surface area (Å²) in [4.78, 5) is 2.45. The molecule has 1 fully saturated rings. The van der Waals surface area contributed by atoms with E-state index in [0.717, 1.165) is 24.6 Å². The molecular formula is C14H20Cl2N2. The maximum atomic E-state index is 6.07. The number of nitrogens with two attached hydrogens (primary N) is 1. The Morgan fingerprint density at radius 1 is 1.22 bits per heavy atom. The zero-order valence-electron chi connectivity index (χ0n) is 10.7. The molecule has 4 heteroatoms. The number of hydrogen-bond acceptors (Lipinski definition) is 2. The molecule has 18 heavy (non-hydrogen) atoms. The number of halogens is 2. The van der Waals surface area contributed by atoms with E-state index in [1.807, 2.05) is 12.1 Å². The van der Waals surface area contributed by atoms with Crippen LogP contribution in [0.3, 0.4) is 0 Å². The van der Waals surface area contributed by atoms with Crippen molar-refractivity contribution < 1.29 is 0 Å². The minimum Gasteiger partial charge on any atom is -0.329 e. The molecule has 0 spiro atoms. The first-order valence-corrected chi connectivity index (χ1v) is 7.26. The van der Waals surface area contributed by atoms with Gasteiger partial charge in [-0.15, -0.1) is 0 Å². The first-order chi connectivity index (χ1) is 8.60. The lowest BCUT2D eigenvalue weighted by Gasteiger charge is -2.36. The van der Waals surface area contributed by atoms with Gasteiger partial charge in [0.05, 0.1) is 0 Å². The molecule has 1 heterocycles. The van der Waals surface area contributed by atoms with E-state index in [0.29, 0.717) is 16.6 Å². The molecule has 0 aromatic heterocycles. The van der Waals surface area contributed by atoms with Gasteiger partial charge in [-0.25, -0.2) is 0 Å². The minimum absolute atomic E-state index is 0.230. The van der Waals surface area contributed by atoms with E-state index in [9.17, 15) is 0 Å². The molecule has 1 aliphatic heterocycles. The molecule has 0 amide bonds. The molecule has 0 bridgehead atoms. The second-order valence-corrected chi connectivity index (χ2v) is 6.05. The quantitative estimate of drug-likeness (QED) is 0.918. The van der Waals surface area contributed by atoms with Crippen LogP contribution in [0.25, 0.3) is 0 Å². The Balaban J connectivity index is 2.17. The van der Waals surface area contributed by atoms with Crippen LogP contribution >= 0.6 is 23.2 Å². The first kappa shape index (κ1) is 14.1. The molecule has 0 unspecified atom stereocenters. The Kier molecular flexibility index (Phi) is 4.91. The van der Waals surface area contributed by atoms with Gasteiger partial charge in [0.25, 0.3) is 0 Å². The average Bonchev–Trinajstić information content (AvgIpc) is 2.31. The van der Waals surface area contributed by atoms with Crippen LogP contribution in [0.1, 0.15) is 31.4 Å². The van der Waals surface area contributed by atoms with E-state index in [1.54, 1.807) is 6.07 Å². The number of nitrogens with zero attached hydrogens (tertiary/aromatic N) is 1. The van der Waals surface area contributed by atoms with Crippen molar-refractivity contribution in [3.05, 3.63) is 33.8 Å². The third kappa shape index (κ3) is 3.39. The molecule has 2 nitrogen and oxygen atoms in total. The Bertz CT molecular complexity index is 381. The zero-order valence-corrected chi connectivity index (χ0v) is 12.2. The third-order valence-electron chi connectivity index (χ3n) is 3.75. The Morgan fingerprint density at radius 3 is 2.28 bits per heavy atom. The number of benzene rings is 1. The molecule has 1 atom stereocenters. The smallest absolute Gasteiger partial charge is 0.0471 e. The lowest BCUT2D eigenvalue weighted by Crippen LogP contribution is -2.39. The lowest BCUT2D eigenvalue weighted by molar-refractivity contribution is 0.141. The zero-order chi connectivity index (χ0) is 13.1. The highest BCUT2D eigenvalue weighted by Crippen LogP contribution is 2.29. The van der Waals surface area contributed by atoms with Crippen LogP contribution in [-0.2, 0) is 0 Å². The summed E-state index contributed by atoms with van der Waals surface area (Å²) in [5.74, 6) is 0.822. The van der Waals surface area contributed by atoms with Gasteiger partial charge in [-0.05, 0) is 55.6 Å². The summed E-state index contributed by atoms with van der Waals surface area (Å²) in [6, 6.07) is 5.94. The van der Waals surface area contributed by atoms with Gasteiger partial charge in [0.2, 0.25) is 0 Å². The second-order valence-electron chi connectivity index (χ2n) is 5.17. The van der Waals surface area contributed by atoms with Gasteiger partial charge in [-0.2, -0.15) is 0 Å². The summed E-state index contributed by atoms with van der Waals surface area (Å²) >= 11 is 12.1. The van der Waals surface area contributed by atoms with E-state index in [4.69, 9.17) is 28.9 Å². The number of likely N-dealkylation sites (tertiary alicyclic amines) is 1. The standard InChI is InChI=1S/C14H20Cl2N2/c1-10-2-4-18(5-3-10)14(9-17)11-6-12(15)8-13(16)7-11/h6-8,10,14H,2-5,9,17H2,1H3/t14-/m1/s1. The summed E-state index contributed by atoms with van der Waals surface area (Å²) in [7, 11) is 0. The van der Waals surface area contributed by atoms with Gasteiger partial charge in [0.15, 0.2) is 0 Å². The topological polar surface area (TPSA) is 29.3 Å². The van der Waals surface area contributed by atoms with Crippen LogP contribution in [-0.4, -0.2) is 24.5 Å². The molecule has 0 aliphatic carbocycles. The molecule has 1 saturated heterocycles. The predicted octanol–water partition coefficient (Wildman–Crippen LogP) is 3.73. The van der Waals surface area contributed by atoms with Crippen LogP contribution in [0.5, 0.6) is 0 Å². The minimum atomic E-state index is 0.230. The molecule has 1 aliphatic rings. The molecule has 1 aromatic rings. The van der Waals surface area contributed by atoms with Gasteiger partial charge in [0, 0.05) is 22.6 Å². The van der Waals surface area contributed by atoms with Crippen molar-refractivity contribution in [1.29, 1.82) is 0 Å². The highest BCUT2D eigenvalue weighted by atomic mass is 35.5. The molecule has 2 rings (SSSR count). The van der Waals surface area contributed by atoms with Crippen LogP contribution in [0.4, 0.5) is 0 Å². The summed E-state index contributed by atoms with van der Waals surface area (Å²) < 4.78 is 0. The second kappa shape index (κ2) is 6.25. The predicted molar refractivity (Wildman–Crippen MR) is 78.2 cm³/mol. The van der Waals surface area contributed by atoms with Gasteiger partial charge in [-0.1, -0.05) is 30.1 Å². The molecular weight excluding hydrogens is 267 g/mol. The summed E-state index contributed by atoms with van der Waals surface area (Å²) in [5.41, 5.74) is 7.07. The molecule has 0 saturated carbocycles. The van der Waals surface area contributed by atoms with Gasteiger partial charge in [-0.3, -0.25) is 4.90 Å². The summed E-state index contributed by atoms with van der Waals surface area (Å²) in [5, 5.41) is 1.36. The first-order valence-electron chi connectivity index (χ1n) is 6.50. The third-order valence-corrected chi connectivity index (χ3v) is 4.19. The number of rotatable bonds is 3. The van der Waals surface area contributed by atoms with E-state index < -0.39 is 0 Å². The van der Waals surface area contributed by atoms with Crippen LogP contribution in [0.2, 0.25) is 10.0 Å². The number of piperidine rings is 1. The van der Waals surface area contributed by atoms with Crippen LogP contribution in [0.15, 0.2) is 18.2 Å². The van der Waals surface area contributed by atoms with Crippen molar-refractivity contribution in [3.8, 4) is 0 Å². The Morgan fingerprint density at radius 2 is 1.78 bits per heavy atom. The van der Waals surface area contributed by atoms with Crippen molar-refractivity contribution in [2.45, 2.75) is 25.8 Å². The SMILES string of the molecule is CC1CCN([C@H](CN)c2cc(Cl)cc(Cl)c2)CC1. The molecule has 100 valence electrons. The van der Waals surface area contributed by atoms with E-state index in [2.05, 4.69) is 11.8 Å². The monoisotopic (exact) mass is 286 g/mol. The maximum Gasteiger partial charge on any atom is 0.0471 e. The van der Waals surface area contributed by atoms with Crippen LogP contribution < -0.4 is 5.73 Å². The van der Waals surface area contributed by atoms with Gasteiger partial charge >= 0.3 is 0 Å². The molecule has 1 aromatic carbocycles. The van der Waals surface area contributed by atoms with Crippen molar-refractivity contribution in [3.63, 3.8) is 0 Å². The van der Waals surface area contributed by atoms with Crippen LogP contribution in [0, 0.1) is 5.92 Å². The average molecular weight is 287 g/mol. The molecule has 0 radical (unpaired) electrons. The Labute approximate surface area is 119 Å². The normalized spacial score (nSPS) is 20.0. The largest absolute Gasteiger partial charge is 0.329 e. The van der Waals surface area contributed by atoms with Crippen molar-refractivity contribution in [1.82, 2.24) is 4.90 Å². The fourth-order valence-corrected chi connectivity index (χ4v) is 3.15. The van der Waals surface area contributed by atoms with Crippen molar-refractivity contribution in [2.24, 2.45) is 11.7 Å². The van der Waals surface area contributed by atoms with Gasteiger partial charge < -0.3 is 5.73 Å². The van der Waals surface area contributed by atoms with E-state index >= 15 is 0 Å². The lowest BCUT2D eigenvalue weighted by atomic mass is 9.96. The van der Waals surface area contributed by atoms with Crippen molar-refractivity contribution in [2.75, 3.05) is 19.6 Å². The summed E-state index contributed by atoms with van der Waals surface area (Å²) in [6.45, 7) is 5.12. The number of hydrogen-bond donors (Lipinski definition) is 1. The maximum absolute atomic E-state index is 6.07. The fraction of sp³-hybridized carbons (Fsp3) is 0.571. The summed E-state index contributed by atoms with van der Waals surface area (Å²) in [6.07, 6.45) is 2.48. The van der Waals surface area contributed by atoms with E-state index in [1.165, 1.54) is 12.8 Å².